The molecule has 0 atom stereocenters. The number of aliphatic imine (C=N–C) groups is 1. The number of rotatable bonds is 9. The summed E-state index contributed by atoms with van der Waals surface area (Å²) in [6.07, 6.45) is -1.82. The highest BCUT2D eigenvalue weighted by Crippen LogP contribution is 2.26. The summed E-state index contributed by atoms with van der Waals surface area (Å²) in [6.45, 7) is 3.83. The Morgan fingerprint density at radius 1 is 1.21 bits per heavy atom. The van der Waals surface area contributed by atoms with Gasteiger partial charge in [-0.25, -0.2) is 0 Å². The molecule has 1 aliphatic rings. The molecule has 0 spiro atoms. The third kappa shape index (κ3) is 10.9. The maximum Gasteiger partial charge on any atom is 0.573 e. The zero-order chi connectivity index (χ0) is 20.2. The minimum Gasteiger partial charge on any atom is -0.405 e. The molecule has 1 aliphatic heterocycles. The fourth-order valence-corrected chi connectivity index (χ4v) is 2.82. The summed E-state index contributed by atoms with van der Waals surface area (Å²) in [5, 5.41) is 6.11. The Labute approximate surface area is 186 Å². The lowest BCUT2D eigenvalue weighted by Gasteiger charge is -2.21. The van der Waals surface area contributed by atoms with Gasteiger partial charge in [-0.3, -0.25) is 4.99 Å². The maximum atomic E-state index is 12.5. The van der Waals surface area contributed by atoms with E-state index in [1.54, 1.807) is 19.2 Å². The van der Waals surface area contributed by atoms with Crippen molar-refractivity contribution in [2.75, 3.05) is 40.0 Å². The topological polar surface area (TPSA) is 64.1 Å². The van der Waals surface area contributed by atoms with Crippen LogP contribution in [0.2, 0.25) is 0 Å². The van der Waals surface area contributed by atoms with Gasteiger partial charge in [-0.2, -0.15) is 0 Å². The van der Waals surface area contributed by atoms with E-state index >= 15 is 0 Å². The van der Waals surface area contributed by atoms with Crippen LogP contribution in [0.15, 0.2) is 29.3 Å². The number of hydrogen-bond donors (Lipinski definition) is 2. The number of alkyl halides is 3. The van der Waals surface area contributed by atoms with Crippen LogP contribution in [0, 0.1) is 5.92 Å². The molecule has 1 saturated heterocycles. The zero-order valence-electron chi connectivity index (χ0n) is 16.5. The minimum atomic E-state index is -4.72. The quantitative estimate of drug-likeness (QED) is 0.220. The molecule has 0 saturated carbocycles. The smallest absolute Gasteiger partial charge is 0.405 e. The summed E-state index contributed by atoms with van der Waals surface area (Å²) >= 11 is 0. The van der Waals surface area contributed by atoms with Crippen molar-refractivity contribution < 1.29 is 27.4 Å². The van der Waals surface area contributed by atoms with Gasteiger partial charge in [-0.05, 0) is 31.2 Å². The Morgan fingerprint density at radius 3 is 2.62 bits per heavy atom. The van der Waals surface area contributed by atoms with Gasteiger partial charge in [-0.15, -0.1) is 37.1 Å². The molecule has 0 bridgehead atoms. The molecule has 6 nitrogen and oxygen atoms in total. The number of hydrogen-bond acceptors (Lipinski definition) is 4. The first-order valence-electron chi connectivity index (χ1n) is 9.41. The first kappa shape index (κ1) is 25.8. The van der Waals surface area contributed by atoms with Crippen molar-refractivity contribution >= 4 is 29.9 Å². The second-order valence-electron chi connectivity index (χ2n) is 6.49. The Bertz CT molecular complexity index is 612. The molecule has 0 radical (unpaired) electrons. The van der Waals surface area contributed by atoms with Crippen LogP contribution in [0.1, 0.15) is 24.8 Å². The lowest BCUT2D eigenvalue weighted by Crippen LogP contribution is -2.37. The van der Waals surface area contributed by atoms with E-state index < -0.39 is 6.36 Å². The van der Waals surface area contributed by atoms with E-state index in [0.717, 1.165) is 39.1 Å². The van der Waals surface area contributed by atoms with E-state index in [2.05, 4.69) is 20.4 Å². The van der Waals surface area contributed by atoms with Gasteiger partial charge in [0.15, 0.2) is 5.96 Å². The van der Waals surface area contributed by atoms with Gasteiger partial charge in [0.1, 0.15) is 5.75 Å². The van der Waals surface area contributed by atoms with E-state index in [4.69, 9.17) is 9.47 Å². The molecule has 1 fully saturated rings. The number of guanidine groups is 1. The number of benzene rings is 1. The monoisotopic (exact) mass is 531 g/mol. The summed E-state index contributed by atoms with van der Waals surface area (Å²) < 4.78 is 52.5. The van der Waals surface area contributed by atoms with Crippen molar-refractivity contribution in [1.82, 2.24) is 10.6 Å². The van der Waals surface area contributed by atoms with Crippen LogP contribution in [0.25, 0.3) is 0 Å². The van der Waals surface area contributed by atoms with Gasteiger partial charge in [0, 0.05) is 52.1 Å². The first-order valence-corrected chi connectivity index (χ1v) is 9.41. The fraction of sp³-hybridized carbons (Fsp3) is 0.632. The average molecular weight is 531 g/mol. The lowest BCUT2D eigenvalue weighted by atomic mass is 10.0. The van der Waals surface area contributed by atoms with Crippen molar-refractivity contribution in [2.24, 2.45) is 10.9 Å². The molecule has 0 aliphatic carbocycles. The van der Waals surface area contributed by atoms with Crippen LogP contribution in [-0.2, 0) is 16.0 Å². The number of nitrogens with one attached hydrogen (secondary N) is 2. The molecule has 10 heteroatoms. The predicted molar refractivity (Wildman–Crippen MR) is 116 cm³/mol. The van der Waals surface area contributed by atoms with Crippen LogP contribution >= 0.6 is 24.0 Å². The number of para-hydroxylation sites is 1. The predicted octanol–water partition coefficient (Wildman–Crippen LogP) is 3.70. The summed E-state index contributed by atoms with van der Waals surface area (Å²) in [5.41, 5.74) is 0.391. The molecule has 0 unspecified atom stereocenters. The van der Waals surface area contributed by atoms with Crippen molar-refractivity contribution in [3.05, 3.63) is 29.8 Å². The molecule has 1 aromatic carbocycles. The van der Waals surface area contributed by atoms with Crippen molar-refractivity contribution in [1.29, 1.82) is 0 Å². The molecular formula is C19H29F3IN3O3. The van der Waals surface area contributed by atoms with Gasteiger partial charge >= 0.3 is 6.36 Å². The highest BCUT2D eigenvalue weighted by atomic mass is 127. The summed E-state index contributed by atoms with van der Waals surface area (Å²) in [4.78, 5) is 4.08. The first-order chi connectivity index (χ1) is 13.5. The van der Waals surface area contributed by atoms with Crippen molar-refractivity contribution in [3.63, 3.8) is 0 Å². The van der Waals surface area contributed by atoms with Gasteiger partial charge < -0.3 is 24.8 Å². The van der Waals surface area contributed by atoms with Gasteiger partial charge in [-0.1, -0.05) is 18.2 Å². The van der Waals surface area contributed by atoms with E-state index in [1.165, 1.54) is 12.1 Å². The van der Waals surface area contributed by atoms with Gasteiger partial charge in [0.25, 0.3) is 0 Å². The third-order valence-corrected chi connectivity index (χ3v) is 4.32. The molecule has 0 aromatic heterocycles. The average Bonchev–Trinajstić information content (AvgIpc) is 2.67. The summed E-state index contributed by atoms with van der Waals surface area (Å²) in [6, 6.07) is 6.02. The molecular weight excluding hydrogens is 502 g/mol. The minimum absolute atomic E-state index is 0. The molecule has 2 rings (SSSR count). The van der Waals surface area contributed by atoms with Crippen molar-refractivity contribution in [2.45, 2.75) is 32.2 Å². The van der Waals surface area contributed by atoms with E-state index in [-0.39, 0.29) is 36.3 Å². The van der Waals surface area contributed by atoms with Crippen molar-refractivity contribution in [3.8, 4) is 5.75 Å². The SMILES string of the molecule is CN=C(NCCCOCC1CCOCC1)NCc1ccccc1OC(F)(F)F.I. The Morgan fingerprint density at radius 2 is 1.93 bits per heavy atom. The number of ether oxygens (including phenoxy) is 3. The molecule has 1 aromatic rings. The lowest BCUT2D eigenvalue weighted by molar-refractivity contribution is -0.274. The maximum absolute atomic E-state index is 12.5. The second kappa shape index (κ2) is 13.9. The molecule has 0 amide bonds. The number of nitrogens with zero attached hydrogens (tertiary/aromatic N) is 1. The Kier molecular flexibility index (Phi) is 12.3. The molecule has 1 heterocycles. The molecule has 2 N–H and O–H groups in total. The Hall–Kier alpha value is -1.27. The van der Waals surface area contributed by atoms with Gasteiger partial charge in [0.2, 0.25) is 0 Å². The highest BCUT2D eigenvalue weighted by molar-refractivity contribution is 14.0. The summed E-state index contributed by atoms with van der Waals surface area (Å²) in [7, 11) is 1.61. The van der Waals surface area contributed by atoms with Crippen LogP contribution in [0.5, 0.6) is 5.75 Å². The largest absolute Gasteiger partial charge is 0.573 e. The van der Waals surface area contributed by atoms with E-state index in [1.807, 2.05) is 0 Å². The van der Waals surface area contributed by atoms with E-state index in [0.29, 0.717) is 30.6 Å². The fourth-order valence-electron chi connectivity index (χ4n) is 2.82. The van der Waals surface area contributed by atoms with Gasteiger partial charge in [0.05, 0.1) is 0 Å². The zero-order valence-corrected chi connectivity index (χ0v) is 18.8. The van der Waals surface area contributed by atoms with Crippen LogP contribution in [0.3, 0.4) is 0 Å². The van der Waals surface area contributed by atoms with Crippen LogP contribution < -0.4 is 15.4 Å². The molecule has 166 valence electrons. The van der Waals surface area contributed by atoms with Crippen LogP contribution in [0.4, 0.5) is 13.2 Å². The standard InChI is InChI=1S/C19H28F3N3O3.HI/c1-23-18(24-9-4-10-27-14-15-7-11-26-12-8-15)25-13-16-5-2-3-6-17(16)28-19(20,21)22;/h2-3,5-6,15H,4,7-14H2,1H3,(H2,23,24,25);1H. The normalized spacial score (nSPS) is 15.5. The highest BCUT2D eigenvalue weighted by Gasteiger charge is 2.31. The Balaban J connectivity index is 0.00000420. The second-order valence-corrected chi connectivity index (χ2v) is 6.49. The summed E-state index contributed by atoms with van der Waals surface area (Å²) in [5.74, 6) is 0.862. The molecule has 29 heavy (non-hydrogen) atoms. The van der Waals surface area contributed by atoms with Crippen LogP contribution in [-0.4, -0.2) is 52.3 Å². The van der Waals surface area contributed by atoms with E-state index in [9.17, 15) is 13.2 Å². The third-order valence-electron chi connectivity index (χ3n) is 4.32. The number of halogens is 4.